The van der Waals surface area contributed by atoms with Crippen LogP contribution in [0.4, 0.5) is 0 Å². The number of rotatable bonds is 9. The lowest BCUT2D eigenvalue weighted by Gasteiger charge is -2.14. The first-order valence-electron chi connectivity index (χ1n) is 10.7. The van der Waals surface area contributed by atoms with E-state index in [1.807, 2.05) is 6.92 Å². The number of benzene rings is 1. The Bertz CT molecular complexity index is 827. The molecule has 0 amide bonds. The summed E-state index contributed by atoms with van der Waals surface area (Å²) in [5, 5.41) is 0. The van der Waals surface area contributed by atoms with Crippen molar-refractivity contribution in [1.82, 2.24) is 0 Å². The van der Waals surface area contributed by atoms with E-state index in [-0.39, 0.29) is 17.9 Å². The summed E-state index contributed by atoms with van der Waals surface area (Å²) < 4.78 is 11.3. The van der Waals surface area contributed by atoms with Crippen LogP contribution in [0.25, 0.3) is 0 Å². The number of para-hydroxylation sites is 1. The Kier molecular flexibility index (Phi) is 7.52. The second-order valence-corrected chi connectivity index (χ2v) is 7.67. The Hall–Kier alpha value is -2.54. The summed E-state index contributed by atoms with van der Waals surface area (Å²) in [4.78, 5) is 23.6. The molecule has 0 bridgehead atoms. The standard InChI is InChI=1S/C25H30O4/c1-3-5-6-11-20(26)16-14-18-15-17-22-24(18)21-12-7-9-19(25(21)29-22)10-8-13-23(27)28-4-2/h7,9,12,14,16,18,22,24H,4,6,8,10-11,13,15,17H2,1-2H3/b16-14+. The van der Waals surface area contributed by atoms with Crippen molar-refractivity contribution < 1.29 is 19.1 Å². The second-order valence-electron chi connectivity index (χ2n) is 7.67. The molecule has 1 heterocycles. The molecule has 3 atom stereocenters. The number of hydrogen-bond acceptors (Lipinski definition) is 4. The molecule has 0 aromatic heterocycles. The van der Waals surface area contributed by atoms with Gasteiger partial charge in [-0.25, -0.2) is 0 Å². The van der Waals surface area contributed by atoms with Gasteiger partial charge in [0.2, 0.25) is 0 Å². The largest absolute Gasteiger partial charge is 0.489 e. The first-order chi connectivity index (χ1) is 14.1. The molecular weight excluding hydrogens is 364 g/mol. The predicted molar refractivity (Wildman–Crippen MR) is 113 cm³/mol. The van der Waals surface area contributed by atoms with Gasteiger partial charge in [-0.2, -0.15) is 0 Å². The summed E-state index contributed by atoms with van der Waals surface area (Å²) in [7, 11) is 0. The highest BCUT2D eigenvalue weighted by Crippen LogP contribution is 2.51. The smallest absolute Gasteiger partial charge is 0.305 e. The van der Waals surface area contributed by atoms with Crippen molar-refractivity contribution in [1.29, 1.82) is 0 Å². The Morgan fingerprint density at radius 2 is 2.14 bits per heavy atom. The van der Waals surface area contributed by atoms with Crippen molar-refractivity contribution in [2.75, 3.05) is 6.61 Å². The van der Waals surface area contributed by atoms with Gasteiger partial charge >= 0.3 is 5.97 Å². The Balaban J connectivity index is 1.64. The fourth-order valence-corrected chi connectivity index (χ4v) is 4.41. The molecule has 29 heavy (non-hydrogen) atoms. The molecule has 0 radical (unpaired) electrons. The number of ether oxygens (including phenoxy) is 2. The average Bonchev–Trinajstić information content (AvgIpc) is 3.27. The van der Waals surface area contributed by atoms with Crippen molar-refractivity contribution in [3.05, 3.63) is 41.5 Å². The number of aryl methyl sites for hydroxylation is 1. The molecule has 3 unspecified atom stereocenters. The molecule has 1 aromatic carbocycles. The topological polar surface area (TPSA) is 52.6 Å². The SMILES string of the molecule is CC#CCCC(=O)/C=C/C1CCC2Oc3c(CCCC(=O)OCC)cccc3C12. The maximum atomic E-state index is 12.1. The number of hydrogen-bond donors (Lipinski definition) is 0. The van der Waals surface area contributed by atoms with E-state index in [1.54, 1.807) is 13.0 Å². The van der Waals surface area contributed by atoms with Gasteiger partial charge in [0.15, 0.2) is 5.78 Å². The third-order valence-electron chi connectivity index (χ3n) is 5.74. The van der Waals surface area contributed by atoms with E-state index in [1.165, 1.54) is 5.56 Å². The first kappa shape index (κ1) is 21.2. The van der Waals surface area contributed by atoms with Gasteiger partial charge in [0.25, 0.3) is 0 Å². The van der Waals surface area contributed by atoms with Crippen LogP contribution in [0.5, 0.6) is 5.75 Å². The van der Waals surface area contributed by atoms with Crippen LogP contribution < -0.4 is 4.74 Å². The van der Waals surface area contributed by atoms with E-state index in [4.69, 9.17) is 9.47 Å². The van der Waals surface area contributed by atoms with E-state index in [2.05, 4.69) is 36.1 Å². The Labute approximate surface area is 173 Å². The minimum absolute atomic E-state index is 0.141. The highest BCUT2D eigenvalue weighted by Gasteiger charge is 2.44. The molecular formula is C25H30O4. The van der Waals surface area contributed by atoms with E-state index in [9.17, 15) is 9.59 Å². The van der Waals surface area contributed by atoms with Gasteiger partial charge in [0, 0.05) is 30.7 Å². The molecule has 4 heteroatoms. The maximum absolute atomic E-state index is 12.1. The molecule has 1 aliphatic heterocycles. The minimum Gasteiger partial charge on any atom is -0.489 e. The lowest BCUT2D eigenvalue weighted by Crippen LogP contribution is -2.14. The maximum Gasteiger partial charge on any atom is 0.305 e. The highest BCUT2D eigenvalue weighted by atomic mass is 16.5. The molecule has 0 saturated heterocycles. The Morgan fingerprint density at radius 1 is 1.28 bits per heavy atom. The highest BCUT2D eigenvalue weighted by molar-refractivity contribution is 5.89. The molecule has 1 aliphatic carbocycles. The van der Waals surface area contributed by atoms with Gasteiger partial charge in [-0.05, 0) is 57.1 Å². The third-order valence-corrected chi connectivity index (χ3v) is 5.74. The lowest BCUT2D eigenvalue weighted by atomic mass is 9.87. The number of carbonyl (C=O) groups excluding carboxylic acids is 2. The van der Waals surface area contributed by atoms with E-state index < -0.39 is 0 Å². The number of allylic oxidation sites excluding steroid dienone is 2. The van der Waals surface area contributed by atoms with Crippen LogP contribution in [0.1, 0.15) is 69.4 Å². The molecule has 4 nitrogen and oxygen atoms in total. The van der Waals surface area contributed by atoms with E-state index in [0.717, 1.165) is 37.0 Å². The van der Waals surface area contributed by atoms with Crippen LogP contribution >= 0.6 is 0 Å². The second kappa shape index (κ2) is 10.3. The summed E-state index contributed by atoms with van der Waals surface area (Å²) in [6, 6.07) is 6.33. The summed E-state index contributed by atoms with van der Waals surface area (Å²) in [6.45, 7) is 4.05. The van der Waals surface area contributed by atoms with Gasteiger partial charge in [0.05, 0.1) is 6.61 Å². The number of carbonyl (C=O) groups is 2. The molecule has 1 aromatic rings. The summed E-state index contributed by atoms with van der Waals surface area (Å²) in [6.07, 6.45) is 9.15. The Morgan fingerprint density at radius 3 is 2.93 bits per heavy atom. The van der Waals surface area contributed by atoms with Crippen LogP contribution in [0, 0.1) is 17.8 Å². The quantitative estimate of drug-likeness (QED) is 0.344. The van der Waals surface area contributed by atoms with Gasteiger partial charge in [-0.15, -0.1) is 11.8 Å². The zero-order valence-electron chi connectivity index (χ0n) is 17.4. The molecule has 3 rings (SSSR count). The summed E-state index contributed by atoms with van der Waals surface area (Å²) in [5.41, 5.74) is 2.42. The van der Waals surface area contributed by atoms with Crippen molar-refractivity contribution in [2.24, 2.45) is 5.92 Å². The van der Waals surface area contributed by atoms with Gasteiger partial charge in [0.1, 0.15) is 11.9 Å². The average molecular weight is 395 g/mol. The van der Waals surface area contributed by atoms with Gasteiger partial charge in [-0.1, -0.05) is 24.3 Å². The summed E-state index contributed by atoms with van der Waals surface area (Å²) in [5.74, 6) is 7.41. The van der Waals surface area contributed by atoms with E-state index >= 15 is 0 Å². The van der Waals surface area contributed by atoms with Crippen LogP contribution in [-0.4, -0.2) is 24.5 Å². The number of esters is 1. The molecule has 154 valence electrons. The van der Waals surface area contributed by atoms with Crippen LogP contribution in [0.3, 0.4) is 0 Å². The van der Waals surface area contributed by atoms with Crippen molar-refractivity contribution in [3.63, 3.8) is 0 Å². The summed E-state index contributed by atoms with van der Waals surface area (Å²) >= 11 is 0. The minimum atomic E-state index is -0.141. The van der Waals surface area contributed by atoms with Gasteiger partial charge < -0.3 is 9.47 Å². The monoisotopic (exact) mass is 394 g/mol. The van der Waals surface area contributed by atoms with Crippen LogP contribution in [-0.2, 0) is 20.7 Å². The van der Waals surface area contributed by atoms with Gasteiger partial charge in [-0.3, -0.25) is 9.59 Å². The number of fused-ring (bicyclic) bond motifs is 3. The van der Waals surface area contributed by atoms with Crippen LogP contribution in [0.2, 0.25) is 0 Å². The first-order valence-corrected chi connectivity index (χ1v) is 10.7. The fourth-order valence-electron chi connectivity index (χ4n) is 4.41. The fraction of sp³-hybridized carbons (Fsp3) is 0.520. The number of ketones is 1. The normalized spacial score (nSPS) is 21.8. The van der Waals surface area contributed by atoms with Crippen molar-refractivity contribution in [2.45, 2.75) is 70.8 Å². The van der Waals surface area contributed by atoms with E-state index in [0.29, 0.717) is 37.7 Å². The predicted octanol–water partition coefficient (Wildman–Crippen LogP) is 4.76. The molecule has 2 aliphatic rings. The lowest BCUT2D eigenvalue weighted by molar-refractivity contribution is -0.143. The zero-order valence-corrected chi connectivity index (χ0v) is 17.4. The van der Waals surface area contributed by atoms with Crippen LogP contribution in [0.15, 0.2) is 30.4 Å². The van der Waals surface area contributed by atoms with Crippen molar-refractivity contribution >= 4 is 11.8 Å². The van der Waals surface area contributed by atoms with Crippen molar-refractivity contribution in [3.8, 4) is 17.6 Å². The zero-order chi connectivity index (χ0) is 20.6. The third kappa shape index (κ3) is 5.29. The molecule has 0 spiro atoms. The molecule has 1 saturated carbocycles. The molecule has 0 N–H and O–H groups in total. The molecule has 1 fully saturated rings.